The second kappa shape index (κ2) is 14.2. The van der Waals surface area contributed by atoms with Gasteiger partial charge in [0.15, 0.2) is 0 Å². The Bertz CT molecular complexity index is 1430. The molecule has 2 atom stereocenters. The first kappa shape index (κ1) is 32.4. The number of hydrogen-bond acceptors (Lipinski definition) is 4. The standard InChI is InChI=1S/C31H37Cl2N3O4S/c1-6-22(4)34-31(38)23(5)35(19-27-28(32)13-10-14-29(27)33)30(37)20-36(25-17-15-24(16-18-25)21(2)3)41(39,40)26-11-8-7-9-12-26/h7-18,21-23H,6,19-20H2,1-5H3,(H,34,38)/t22-,23+/m0/s1. The molecule has 0 fully saturated rings. The van der Waals surface area contributed by atoms with Crippen LogP contribution in [0.5, 0.6) is 0 Å². The zero-order chi connectivity index (χ0) is 30.3. The number of carbonyl (C=O) groups is 2. The summed E-state index contributed by atoms with van der Waals surface area (Å²) in [5.41, 5.74) is 1.83. The van der Waals surface area contributed by atoms with E-state index in [0.29, 0.717) is 27.7 Å². The Morgan fingerprint density at radius 2 is 1.44 bits per heavy atom. The Balaban J connectivity index is 2.07. The van der Waals surface area contributed by atoms with Gasteiger partial charge in [0.2, 0.25) is 11.8 Å². The molecule has 0 bridgehead atoms. The largest absolute Gasteiger partial charge is 0.352 e. The summed E-state index contributed by atoms with van der Waals surface area (Å²) in [7, 11) is -4.14. The van der Waals surface area contributed by atoms with E-state index in [9.17, 15) is 18.0 Å². The van der Waals surface area contributed by atoms with E-state index < -0.39 is 28.5 Å². The first-order valence-electron chi connectivity index (χ1n) is 13.6. The Morgan fingerprint density at radius 1 is 0.854 bits per heavy atom. The maximum absolute atomic E-state index is 14.1. The van der Waals surface area contributed by atoms with Gasteiger partial charge in [-0.15, -0.1) is 0 Å². The van der Waals surface area contributed by atoms with E-state index in [-0.39, 0.29) is 29.3 Å². The summed E-state index contributed by atoms with van der Waals surface area (Å²) in [6.07, 6.45) is 0.707. The molecule has 3 rings (SSSR count). The molecule has 0 spiro atoms. The average molecular weight is 619 g/mol. The number of sulfonamides is 1. The zero-order valence-corrected chi connectivity index (χ0v) is 26.3. The number of nitrogens with one attached hydrogen (secondary N) is 1. The molecule has 3 aromatic rings. The fourth-order valence-corrected chi connectivity index (χ4v) is 6.13. The summed E-state index contributed by atoms with van der Waals surface area (Å²) in [5, 5.41) is 3.58. The van der Waals surface area contributed by atoms with E-state index >= 15 is 0 Å². The summed E-state index contributed by atoms with van der Waals surface area (Å²) in [6, 6.07) is 19.0. The van der Waals surface area contributed by atoms with Gasteiger partial charge in [-0.05, 0) is 68.1 Å². The molecule has 0 saturated carbocycles. The fourth-order valence-electron chi connectivity index (χ4n) is 4.18. The second-order valence-corrected chi connectivity index (χ2v) is 13.0. The average Bonchev–Trinajstić information content (AvgIpc) is 2.95. The van der Waals surface area contributed by atoms with Crippen molar-refractivity contribution in [2.24, 2.45) is 0 Å². The van der Waals surface area contributed by atoms with Crippen molar-refractivity contribution in [1.29, 1.82) is 0 Å². The van der Waals surface area contributed by atoms with Gasteiger partial charge in [0, 0.05) is 28.2 Å². The number of benzene rings is 3. The molecule has 10 heteroatoms. The van der Waals surface area contributed by atoms with E-state index in [1.165, 1.54) is 17.0 Å². The molecular formula is C31H37Cl2N3O4S. The highest BCUT2D eigenvalue weighted by molar-refractivity contribution is 7.92. The summed E-state index contributed by atoms with van der Waals surface area (Å²) in [4.78, 5) is 28.6. The van der Waals surface area contributed by atoms with Gasteiger partial charge in [-0.3, -0.25) is 13.9 Å². The number of hydrogen-bond donors (Lipinski definition) is 1. The number of carbonyl (C=O) groups excluding carboxylic acids is 2. The highest BCUT2D eigenvalue weighted by atomic mass is 35.5. The maximum atomic E-state index is 14.1. The third kappa shape index (κ3) is 8.03. The minimum Gasteiger partial charge on any atom is -0.352 e. The number of nitrogens with zero attached hydrogens (tertiary/aromatic N) is 2. The molecule has 0 radical (unpaired) electrons. The Hall–Kier alpha value is -3.07. The van der Waals surface area contributed by atoms with Crippen LogP contribution < -0.4 is 9.62 Å². The summed E-state index contributed by atoms with van der Waals surface area (Å²) >= 11 is 12.9. The minimum absolute atomic E-state index is 0.0454. The fraction of sp³-hybridized carbons (Fsp3) is 0.355. The zero-order valence-electron chi connectivity index (χ0n) is 24.0. The van der Waals surface area contributed by atoms with Crippen LogP contribution >= 0.6 is 23.2 Å². The van der Waals surface area contributed by atoms with E-state index in [4.69, 9.17) is 23.2 Å². The lowest BCUT2D eigenvalue weighted by atomic mass is 10.0. The Labute approximate surface area is 253 Å². The molecular weight excluding hydrogens is 581 g/mol. The highest BCUT2D eigenvalue weighted by Gasteiger charge is 2.33. The van der Waals surface area contributed by atoms with Crippen LogP contribution in [-0.4, -0.2) is 43.8 Å². The molecule has 1 N–H and O–H groups in total. The van der Waals surface area contributed by atoms with Crippen molar-refractivity contribution < 1.29 is 18.0 Å². The van der Waals surface area contributed by atoms with Crippen molar-refractivity contribution in [3.63, 3.8) is 0 Å². The molecule has 0 aliphatic rings. The van der Waals surface area contributed by atoms with Crippen LogP contribution in [-0.2, 0) is 26.2 Å². The number of halogens is 2. The highest BCUT2D eigenvalue weighted by Crippen LogP contribution is 2.29. The van der Waals surface area contributed by atoms with E-state index in [2.05, 4.69) is 5.32 Å². The molecule has 41 heavy (non-hydrogen) atoms. The van der Waals surface area contributed by atoms with E-state index in [1.807, 2.05) is 39.8 Å². The number of amides is 2. The van der Waals surface area contributed by atoms with Crippen LogP contribution in [0.3, 0.4) is 0 Å². The van der Waals surface area contributed by atoms with Crippen LogP contribution in [0, 0.1) is 0 Å². The SMILES string of the molecule is CC[C@H](C)NC(=O)[C@@H](C)N(Cc1c(Cl)cccc1Cl)C(=O)CN(c1ccc(C(C)C)cc1)S(=O)(=O)c1ccccc1. The van der Waals surface area contributed by atoms with E-state index in [1.54, 1.807) is 55.5 Å². The van der Waals surface area contributed by atoms with Gasteiger partial charge in [-0.2, -0.15) is 0 Å². The van der Waals surface area contributed by atoms with Crippen molar-refractivity contribution in [2.45, 2.75) is 70.5 Å². The monoisotopic (exact) mass is 617 g/mol. The number of anilines is 1. The van der Waals surface area contributed by atoms with Crippen molar-refractivity contribution in [3.05, 3.63) is 94.0 Å². The third-order valence-electron chi connectivity index (χ3n) is 7.02. The van der Waals surface area contributed by atoms with Crippen LogP contribution in [0.4, 0.5) is 5.69 Å². The summed E-state index contributed by atoms with van der Waals surface area (Å²) in [6.45, 7) is 8.88. The summed E-state index contributed by atoms with van der Waals surface area (Å²) < 4.78 is 28.9. The van der Waals surface area contributed by atoms with Gasteiger partial charge >= 0.3 is 0 Å². The van der Waals surface area contributed by atoms with Crippen molar-refractivity contribution in [1.82, 2.24) is 10.2 Å². The van der Waals surface area contributed by atoms with Gasteiger partial charge in [-0.1, -0.05) is 80.4 Å². The van der Waals surface area contributed by atoms with Crippen LogP contribution in [0.2, 0.25) is 10.0 Å². The first-order valence-corrected chi connectivity index (χ1v) is 15.8. The smallest absolute Gasteiger partial charge is 0.264 e. The van der Waals surface area contributed by atoms with Gasteiger partial charge in [0.1, 0.15) is 12.6 Å². The van der Waals surface area contributed by atoms with Gasteiger partial charge in [0.25, 0.3) is 10.0 Å². The lowest BCUT2D eigenvalue weighted by Gasteiger charge is -2.33. The van der Waals surface area contributed by atoms with Crippen LogP contribution in [0.25, 0.3) is 0 Å². The minimum atomic E-state index is -4.14. The number of rotatable bonds is 12. The van der Waals surface area contributed by atoms with E-state index in [0.717, 1.165) is 9.87 Å². The predicted octanol–water partition coefficient (Wildman–Crippen LogP) is 6.64. The van der Waals surface area contributed by atoms with Crippen molar-refractivity contribution in [2.75, 3.05) is 10.8 Å². The maximum Gasteiger partial charge on any atom is 0.264 e. The lowest BCUT2D eigenvalue weighted by Crippen LogP contribution is -2.52. The molecule has 0 saturated heterocycles. The van der Waals surface area contributed by atoms with Gasteiger partial charge in [0.05, 0.1) is 10.6 Å². The topological polar surface area (TPSA) is 86.8 Å². The quantitative estimate of drug-likeness (QED) is 0.247. The van der Waals surface area contributed by atoms with Crippen LogP contribution in [0.1, 0.15) is 58.1 Å². The first-order chi connectivity index (χ1) is 19.4. The van der Waals surface area contributed by atoms with Gasteiger partial charge < -0.3 is 10.2 Å². The van der Waals surface area contributed by atoms with Crippen molar-refractivity contribution in [3.8, 4) is 0 Å². The Morgan fingerprint density at radius 3 is 1.98 bits per heavy atom. The van der Waals surface area contributed by atoms with Gasteiger partial charge in [-0.25, -0.2) is 8.42 Å². The Kier molecular flexibility index (Phi) is 11.2. The molecule has 0 heterocycles. The summed E-state index contributed by atoms with van der Waals surface area (Å²) in [5.74, 6) is -0.708. The molecule has 3 aromatic carbocycles. The van der Waals surface area contributed by atoms with Crippen LogP contribution in [0.15, 0.2) is 77.7 Å². The normalized spacial score (nSPS) is 13.0. The molecule has 0 aliphatic heterocycles. The van der Waals surface area contributed by atoms with Crippen molar-refractivity contribution >= 4 is 50.7 Å². The molecule has 2 amide bonds. The third-order valence-corrected chi connectivity index (χ3v) is 9.51. The molecule has 0 aliphatic carbocycles. The molecule has 0 unspecified atom stereocenters. The molecule has 220 valence electrons. The second-order valence-electron chi connectivity index (χ2n) is 10.3. The lowest BCUT2D eigenvalue weighted by molar-refractivity contribution is -0.139. The molecule has 7 nitrogen and oxygen atoms in total. The predicted molar refractivity (Wildman–Crippen MR) is 166 cm³/mol. The molecule has 0 aromatic heterocycles.